The van der Waals surface area contributed by atoms with Gasteiger partial charge in [0.2, 0.25) is 0 Å². The second-order valence-electron chi connectivity index (χ2n) is 3.62. The van der Waals surface area contributed by atoms with Crippen LogP contribution in [0.15, 0.2) is 0 Å². The molecule has 0 amide bonds. The highest BCUT2D eigenvalue weighted by Gasteiger charge is 2.31. The van der Waals surface area contributed by atoms with E-state index >= 15 is 0 Å². The van der Waals surface area contributed by atoms with Gasteiger partial charge in [0.25, 0.3) is 0 Å². The zero-order valence-electron chi connectivity index (χ0n) is 8.23. The number of nitrogens with two attached hydrogens (primary N) is 1. The first kappa shape index (κ1) is 12.7. The molecule has 0 aliphatic heterocycles. The van der Waals surface area contributed by atoms with Crippen LogP contribution < -0.4 is 5.73 Å². The van der Waals surface area contributed by atoms with Gasteiger partial charge in [-0.05, 0) is 20.8 Å². The summed E-state index contributed by atoms with van der Waals surface area (Å²) in [5.74, 6) is 0. The highest BCUT2D eigenvalue weighted by atomic mass is 19.4. The summed E-state index contributed by atoms with van der Waals surface area (Å²) >= 11 is 0. The molecular formula is C8H17F3N2. The maximum absolute atomic E-state index is 12.0. The molecule has 5 heteroatoms. The van der Waals surface area contributed by atoms with Gasteiger partial charge in [-0.3, -0.25) is 4.90 Å². The fourth-order valence-corrected chi connectivity index (χ4v) is 1.06. The monoisotopic (exact) mass is 198 g/mol. The Morgan fingerprint density at radius 2 is 1.69 bits per heavy atom. The van der Waals surface area contributed by atoms with Crippen LogP contribution in [0, 0.1) is 0 Å². The van der Waals surface area contributed by atoms with Gasteiger partial charge >= 0.3 is 6.18 Å². The van der Waals surface area contributed by atoms with Crippen molar-refractivity contribution in [1.29, 1.82) is 0 Å². The summed E-state index contributed by atoms with van der Waals surface area (Å²) in [6.07, 6.45) is -4.14. The minimum atomic E-state index is -4.14. The van der Waals surface area contributed by atoms with Crippen molar-refractivity contribution >= 4 is 0 Å². The van der Waals surface area contributed by atoms with Crippen LogP contribution in [-0.2, 0) is 0 Å². The van der Waals surface area contributed by atoms with Gasteiger partial charge in [-0.2, -0.15) is 13.2 Å². The van der Waals surface area contributed by atoms with Crippen LogP contribution >= 0.6 is 0 Å². The molecule has 0 bridgehead atoms. The van der Waals surface area contributed by atoms with E-state index in [2.05, 4.69) is 0 Å². The van der Waals surface area contributed by atoms with Crippen LogP contribution in [0.25, 0.3) is 0 Å². The van der Waals surface area contributed by atoms with E-state index in [1.54, 1.807) is 20.8 Å². The first-order chi connectivity index (χ1) is 5.72. The number of nitrogens with zero attached hydrogens (tertiary/aromatic N) is 1. The first-order valence-corrected chi connectivity index (χ1v) is 4.28. The smallest absolute Gasteiger partial charge is 0.327 e. The van der Waals surface area contributed by atoms with E-state index in [0.717, 1.165) is 0 Å². The van der Waals surface area contributed by atoms with Crippen LogP contribution in [0.1, 0.15) is 20.8 Å². The van der Waals surface area contributed by atoms with Crippen molar-refractivity contribution in [3.63, 3.8) is 0 Å². The molecule has 0 aromatic rings. The van der Waals surface area contributed by atoms with Crippen LogP contribution in [0.4, 0.5) is 13.2 Å². The number of alkyl halides is 3. The Labute approximate surface area is 76.9 Å². The summed E-state index contributed by atoms with van der Waals surface area (Å²) in [4.78, 5) is 1.32. The summed E-state index contributed by atoms with van der Waals surface area (Å²) < 4.78 is 36.1. The molecule has 1 atom stereocenters. The van der Waals surface area contributed by atoms with Crippen molar-refractivity contribution in [3.05, 3.63) is 0 Å². The van der Waals surface area contributed by atoms with Crippen LogP contribution in [0.2, 0.25) is 0 Å². The molecule has 0 aliphatic carbocycles. The van der Waals surface area contributed by atoms with E-state index < -0.39 is 12.7 Å². The van der Waals surface area contributed by atoms with Crippen molar-refractivity contribution in [3.8, 4) is 0 Å². The quantitative estimate of drug-likeness (QED) is 0.743. The molecule has 2 nitrogen and oxygen atoms in total. The minimum absolute atomic E-state index is 0.132. The molecule has 0 rings (SSSR count). The maximum Gasteiger partial charge on any atom is 0.401 e. The van der Waals surface area contributed by atoms with Gasteiger partial charge in [0.1, 0.15) is 0 Å². The minimum Gasteiger partial charge on any atom is -0.327 e. The third-order valence-corrected chi connectivity index (χ3v) is 1.64. The molecule has 0 aromatic heterocycles. The third-order valence-electron chi connectivity index (χ3n) is 1.64. The summed E-state index contributed by atoms with van der Waals surface area (Å²) in [5, 5.41) is 0. The SMILES string of the molecule is CC(C)N(C[C@@H](C)N)CC(F)(F)F. The lowest BCUT2D eigenvalue weighted by Crippen LogP contribution is -2.44. The summed E-state index contributed by atoms with van der Waals surface area (Å²) in [6.45, 7) is 4.55. The fraction of sp³-hybridized carbons (Fsp3) is 1.00. The largest absolute Gasteiger partial charge is 0.401 e. The van der Waals surface area contributed by atoms with Gasteiger partial charge in [0, 0.05) is 18.6 Å². The average molecular weight is 198 g/mol. The normalized spacial score (nSPS) is 15.5. The zero-order chi connectivity index (χ0) is 10.6. The Hall–Kier alpha value is -0.290. The van der Waals surface area contributed by atoms with E-state index in [-0.39, 0.29) is 18.6 Å². The molecule has 0 aliphatic rings. The van der Waals surface area contributed by atoms with E-state index in [9.17, 15) is 13.2 Å². The average Bonchev–Trinajstić information content (AvgIpc) is 1.81. The second kappa shape index (κ2) is 4.81. The first-order valence-electron chi connectivity index (χ1n) is 4.28. The van der Waals surface area contributed by atoms with Gasteiger partial charge in [-0.1, -0.05) is 0 Å². The topological polar surface area (TPSA) is 29.3 Å². The molecule has 0 saturated heterocycles. The number of hydrogen-bond acceptors (Lipinski definition) is 2. The zero-order valence-corrected chi connectivity index (χ0v) is 8.23. The molecule has 80 valence electrons. The van der Waals surface area contributed by atoms with Crippen LogP contribution in [0.5, 0.6) is 0 Å². The Kier molecular flexibility index (Phi) is 4.70. The van der Waals surface area contributed by atoms with Crippen molar-refractivity contribution < 1.29 is 13.2 Å². The number of halogens is 3. The molecule has 0 saturated carbocycles. The van der Waals surface area contributed by atoms with Gasteiger partial charge in [-0.25, -0.2) is 0 Å². The van der Waals surface area contributed by atoms with E-state index in [1.165, 1.54) is 4.90 Å². The fourth-order valence-electron chi connectivity index (χ4n) is 1.06. The standard InChI is InChI=1S/C8H17F3N2/c1-6(2)13(4-7(3)12)5-8(9,10)11/h6-7H,4-5,12H2,1-3H3/t7-/m1/s1. The lowest BCUT2D eigenvalue weighted by atomic mass is 10.2. The molecule has 0 fully saturated rings. The van der Waals surface area contributed by atoms with Gasteiger partial charge in [0.15, 0.2) is 0 Å². The molecule has 0 spiro atoms. The number of rotatable bonds is 4. The summed E-state index contributed by atoms with van der Waals surface area (Å²) in [5.41, 5.74) is 5.44. The summed E-state index contributed by atoms with van der Waals surface area (Å²) in [6, 6.07) is -0.364. The highest BCUT2D eigenvalue weighted by Crippen LogP contribution is 2.17. The Morgan fingerprint density at radius 1 is 1.23 bits per heavy atom. The Balaban J connectivity index is 4.11. The van der Waals surface area contributed by atoms with E-state index in [4.69, 9.17) is 5.73 Å². The molecule has 0 unspecified atom stereocenters. The Morgan fingerprint density at radius 3 is 1.92 bits per heavy atom. The third kappa shape index (κ3) is 6.83. The predicted octanol–water partition coefficient (Wildman–Crippen LogP) is 1.61. The van der Waals surface area contributed by atoms with Gasteiger partial charge in [-0.15, -0.1) is 0 Å². The van der Waals surface area contributed by atoms with Crippen molar-refractivity contribution in [1.82, 2.24) is 4.90 Å². The van der Waals surface area contributed by atoms with E-state index in [1.807, 2.05) is 0 Å². The molecular weight excluding hydrogens is 181 g/mol. The maximum atomic E-state index is 12.0. The van der Waals surface area contributed by atoms with Gasteiger partial charge in [0.05, 0.1) is 6.54 Å². The Bertz CT molecular complexity index is 143. The molecule has 2 N–H and O–H groups in total. The van der Waals surface area contributed by atoms with Crippen molar-refractivity contribution in [2.75, 3.05) is 13.1 Å². The van der Waals surface area contributed by atoms with E-state index in [0.29, 0.717) is 0 Å². The second-order valence-corrected chi connectivity index (χ2v) is 3.62. The lowest BCUT2D eigenvalue weighted by Gasteiger charge is -2.28. The molecule has 0 aromatic carbocycles. The molecule has 13 heavy (non-hydrogen) atoms. The van der Waals surface area contributed by atoms with Gasteiger partial charge < -0.3 is 5.73 Å². The summed E-state index contributed by atoms with van der Waals surface area (Å²) in [7, 11) is 0. The van der Waals surface area contributed by atoms with Crippen LogP contribution in [0.3, 0.4) is 0 Å². The van der Waals surface area contributed by atoms with Crippen molar-refractivity contribution in [2.24, 2.45) is 5.73 Å². The predicted molar refractivity (Wildman–Crippen MR) is 46.4 cm³/mol. The lowest BCUT2D eigenvalue weighted by molar-refractivity contribution is -0.149. The van der Waals surface area contributed by atoms with Crippen LogP contribution in [-0.4, -0.2) is 36.2 Å². The highest BCUT2D eigenvalue weighted by molar-refractivity contribution is 4.70. The molecule has 0 heterocycles. The van der Waals surface area contributed by atoms with Crippen molar-refractivity contribution in [2.45, 2.75) is 39.0 Å². The number of hydrogen-bond donors (Lipinski definition) is 1. The molecule has 0 radical (unpaired) electrons.